The Hall–Kier alpha value is -0.800. The third-order valence-corrected chi connectivity index (χ3v) is 6.19. The fourth-order valence-corrected chi connectivity index (χ4v) is 4.43. The first-order valence-corrected chi connectivity index (χ1v) is 9.37. The molecule has 0 atom stereocenters. The van der Waals surface area contributed by atoms with Crippen molar-refractivity contribution < 1.29 is 13.5 Å². The van der Waals surface area contributed by atoms with Crippen molar-refractivity contribution in [3.05, 3.63) is 44.3 Å². The summed E-state index contributed by atoms with van der Waals surface area (Å²) in [7, 11) is -3.61. The predicted molar refractivity (Wildman–Crippen MR) is 85.8 cm³/mol. The molecule has 0 aliphatic carbocycles. The monoisotopic (exact) mass is 390 g/mol. The molecular formula is C13H15BrN2O3S2. The van der Waals surface area contributed by atoms with Crippen molar-refractivity contribution in [2.24, 2.45) is 0 Å². The molecule has 0 bridgehead atoms. The van der Waals surface area contributed by atoms with Gasteiger partial charge in [-0.15, -0.1) is 11.3 Å². The minimum Gasteiger partial charge on any atom is -0.392 e. The summed E-state index contributed by atoms with van der Waals surface area (Å²) >= 11 is 4.81. The number of nitrogens with zero attached hydrogens (tertiary/aromatic N) is 1. The Morgan fingerprint density at radius 2 is 2.19 bits per heavy atom. The molecule has 0 spiro atoms. The van der Waals surface area contributed by atoms with Crippen LogP contribution in [0.3, 0.4) is 0 Å². The summed E-state index contributed by atoms with van der Waals surface area (Å²) in [4.78, 5) is 4.29. The number of aliphatic hydroxyl groups excluding tert-OH is 1. The van der Waals surface area contributed by atoms with Gasteiger partial charge < -0.3 is 5.11 Å². The van der Waals surface area contributed by atoms with Crippen LogP contribution in [0.2, 0.25) is 0 Å². The SMILES string of the molecule is Cc1c(Br)cc(CO)cc1S(=O)(=O)NCCc1nccs1. The van der Waals surface area contributed by atoms with Gasteiger partial charge in [0.15, 0.2) is 0 Å². The molecule has 2 aromatic rings. The molecule has 21 heavy (non-hydrogen) atoms. The summed E-state index contributed by atoms with van der Waals surface area (Å²) < 4.78 is 28.0. The van der Waals surface area contributed by atoms with E-state index in [0.717, 1.165) is 5.01 Å². The summed E-state index contributed by atoms with van der Waals surface area (Å²) in [5.41, 5.74) is 1.17. The molecule has 0 fully saturated rings. The molecule has 0 aliphatic rings. The van der Waals surface area contributed by atoms with Crippen molar-refractivity contribution >= 4 is 37.3 Å². The van der Waals surface area contributed by atoms with E-state index in [0.29, 0.717) is 22.0 Å². The zero-order valence-electron chi connectivity index (χ0n) is 11.3. The van der Waals surface area contributed by atoms with Crippen LogP contribution in [-0.4, -0.2) is 25.1 Å². The minimum absolute atomic E-state index is 0.181. The Bertz CT molecular complexity index is 715. The van der Waals surface area contributed by atoms with Crippen LogP contribution >= 0.6 is 27.3 Å². The Morgan fingerprint density at radius 3 is 2.81 bits per heavy atom. The standard InChI is InChI=1S/C13H15BrN2O3S2/c1-9-11(14)6-10(8-17)7-12(9)21(18,19)16-3-2-13-15-4-5-20-13/h4-7,16-17H,2-3,8H2,1H3. The Labute approximate surface area is 136 Å². The van der Waals surface area contributed by atoms with Crippen LogP contribution in [0.4, 0.5) is 0 Å². The molecule has 0 saturated carbocycles. The molecule has 0 aliphatic heterocycles. The van der Waals surface area contributed by atoms with Crippen LogP contribution in [0.15, 0.2) is 33.1 Å². The molecule has 1 aromatic carbocycles. The van der Waals surface area contributed by atoms with Gasteiger partial charge in [-0.3, -0.25) is 0 Å². The van der Waals surface area contributed by atoms with E-state index in [1.807, 2.05) is 5.38 Å². The van der Waals surface area contributed by atoms with E-state index >= 15 is 0 Å². The average Bonchev–Trinajstić information content (AvgIpc) is 2.94. The fraction of sp³-hybridized carbons (Fsp3) is 0.308. The summed E-state index contributed by atoms with van der Waals surface area (Å²) in [6.07, 6.45) is 2.25. The second kappa shape index (κ2) is 6.97. The maximum Gasteiger partial charge on any atom is 0.240 e. The fourth-order valence-electron chi connectivity index (χ4n) is 1.82. The third-order valence-electron chi connectivity index (χ3n) is 2.94. The number of hydrogen-bond acceptors (Lipinski definition) is 5. The number of rotatable bonds is 6. The molecule has 8 heteroatoms. The number of nitrogens with one attached hydrogen (secondary N) is 1. The highest BCUT2D eigenvalue weighted by atomic mass is 79.9. The van der Waals surface area contributed by atoms with Crippen molar-refractivity contribution in [3.63, 3.8) is 0 Å². The van der Waals surface area contributed by atoms with Crippen molar-refractivity contribution in [2.75, 3.05) is 6.54 Å². The van der Waals surface area contributed by atoms with Crippen LogP contribution < -0.4 is 4.72 Å². The van der Waals surface area contributed by atoms with Crippen molar-refractivity contribution in [3.8, 4) is 0 Å². The third kappa shape index (κ3) is 4.10. The second-order valence-corrected chi connectivity index (χ2v) is 8.00. The zero-order chi connectivity index (χ0) is 15.5. The zero-order valence-corrected chi connectivity index (χ0v) is 14.6. The quantitative estimate of drug-likeness (QED) is 0.792. The lowest BCUT2D eigenvalue weighted by Gasteiger charge is -2.12. The van der Waals surface area contributed by atoms with Crippen molar-refractivity contribution in [2.45, 2.75) is 24.8 Å². The maximum atomic E-state index is 12.4. The molecule has 114 valence electrons. The summed E-state index contributed by atoms with van der Waals surface area (Å²) in [6.45, 7) is 1.80. The minimum atomic E-state index is -3.61. The van der Waals surface area contributed by atoms with Crippen LogP contribution in [0, 0.1) is 6.92 Å². The maximum absolute atomic E-state index is 12.4. The normalized spacial score (nSPS) is 11.8. The Balaban J connectivity index is 2.17. The van der Waals surface area contributed by atoms with Crippen LogP contribution in [0.5, 0.6) is 0 Å². The first-order valence-electron chi connectivity index (χ1n) is 6.22. The predicted octanol–water partition coefficient (Wildman–Crippen LogP) is 2.23. The van der Waals surface area contributed by atoms with Gasteiger partial charge in [-0.2, -0.15) is 0 Å². The van der Waals surface area contributed by atoms with Gasteiger partial charge in [-0.1, -0.05) is 15.9 Å². The first kappa shape index (κ1) is 16.6. The van der Waals surface area contributed by atoms with E-state index in [4.69, 9.17) is 0 Å². The number of benzene rings is 1. The van der Waals surface area contributed by atoms with Crippen molar-refractivity contribution in [1.82, 2.24) is 9.71 Å². The average molecular weight is 391 g/mol. The van der Waals surface area contributed by atoms with Gasteiger partial charge in [0, 0.05) is 29.0 Å². The highest BCUT2D eigenvalue weighted by molar-refractivity contribution is 9.10. The Morgan fingerprint density at radius 1 is 1.43 bits per heavy atom. The van der Waals surface area contributed by atoms with E-state index in [-0.39, 0.29) is 18.0 Å². The summed E-state index contributed by atoms with van der Waals surface area (Å²) in [6, 6.07) is 3.20. The second-order valence-electron chi connectivity index (χ2n) is 4.43. The molecule has 0 amide bonds. The van der Waals surface area contributed by atoms with Crippen molar-refractivity contribution in [1.29, 1.82) is 0 Å². The van der Waals surface area contributed by atoms with Gasteiger partial charge in [0.1, 0.15) is 0 Å². The van der Waals surface area contributed by atoms with E-state index < -0.39 is 10.0 Å². The smallest absolute Gasteiger partial charge is 0.240 e. The van der Waals surface area contributed by atoms with Gasteiger partial charge in [0.2, 0.25) is 10.0 Å². The lowest BCUT2D eigenvalue weighted by molar-refractivity contribution is 0.281. The Kier molecular flexibility index (Phi) is 5.50. The van der Waals surface area contributed by atoms with Gasteiger partial charge in [0.05, 0.1) is 16.5 Å². The number of aliphatic hydroxyl groups is 1. The first-order chi connectivity index (χ1) is 9.94. The van der Waals surface area contributed by atoms with E-state index in [1.54, 1.807) is 19.2 Å². The van der Waals surface area contributed by atoms with Crippen LogP contribution in [0.1, 0.15) is 16.1 Å². The lowest BCUT2D eigenvalue weighted by Crippen LogP contribution is -2.26. The van der Waals surface area contributed by atoms with E-state index in [1.165, 1.54) is 17.4 Å². The largest absolute Gasteiger partial charge is 0.392 e. The van der Waals surface area contributed by atoms with Gasteiger partial charge in [-0.05, 0) is 30.2 Å². The molecule has 2 N–H and O–H groups in total. The van der Waals surface area contributed by atoms with Gasteiger partial charge in [0.25, 0.3) is 0 Å². The summed E-state index contributed by atoms with van der Waals surface area (Å²) in [5.74, 6) is 0. The molecule has 1 aromatic heterocycles. The molecule has 0 unspecified atom stereocenters. The lowest BCUT2D eigenvalue weighted by atomic mass is 10.2. The summed E-state index contributed by atoms with van der Waals surface area (Å²) in [5, 5.41) is 11.9. The van der Waals surface area contributed by atoms with Crippen LogP contribution in [0.25, 0.3) is 0 Å². The number of sulfonamides is 1. The van der Waals surface area contributed by atoms with Gasteiger partial charge >= 0.3 is 0 Å². The van der Waals surface area contributed by atoms with E-state index in [2.05, 4.69) is 25.6 Å². The highest BCUT2D eigenvalue weighted by Crippen LogP contribution is 2.25. The number of aromatic nitrogens is 1. The molecule has 0 radical (unpaired) electrons. The van der Waals surface area contributed by atoms with Crippen LogP contribution in [-0.2, 0) is 23.1 Å². The number of halogens is 1. The molecule has 0 saturated heterocycles. The number of hydrogen-bond donors (Lipinski definition) is 2. The molecule has 1 heterocycles. The number of thiazole rings is 1. The molecule has 5 nitrogen and oxygen atoms in total. The topological polar surface area (TPSA) is 79.3 Å². The molecule has 2 rings (SSSR count). The molecular weight excluding hydrogens is 376 g/mol. The van der Waals surface area contributed by atoms with Gasteiger partial charge in [-0.25, -0.2) is 18.1 Å². The highest BCUT2D eigenvalue weighted by Gasteiger charge is 2.19. The van der Waals surface area contributed by atoms with E-state index in [9.17, 15) is 13.5 Å².